The number of ether oxygens (including phenoxy) is 1. The molecule has 0 radical (unpaired) electrons. The molecule has 2 bridgehead atoms. The lowest BCUT2D eigenvalue weighted by Gasteiger charge is -2.44. The van der Waals surface area contributed by atoms with Gasteiger partial charge in [-0.25, -0.2) is 9.18 Å². The molecular formula is C29H37FN2O2. The van der Waals surface area contributed by atoms with Gasteiger partial charge in [-0.2, -0.15) is 0 Å². The standard InChI is InChI=1S/C29H37FN2O2/c1-4-5-6-19-7-9-20(10-8-19)23-15-22-17-29(2,3)27(24(22)16-25(23)30)31-28(33)34-26-18-32-13-11-21(26)12-14-32/h7-10,15-16,21,26-27H,4-6,11-14,17-18H2,1-3H3,(H,31,33)/t26-,27-/m0/s1. The van der Waals surface area contributed by atoms with E-state index in [0.29, 0.717) is 11.5 Å². The van der Waals surface area contributed by atoms with Gasteiger partial charge >= 0.3 is 6.09 Å². The minimum atomic E-state index is -0.378. The predicted octanol–water partition coefficient (Wildman–Crippen LogP) is 6.28. The highest BCUT2D eigenvalue weighted by Crippen LogP contribution is 2.47. The van der Waals surface area contributed by atoms with Crippen molar-refractivity contribution in [2.75, 3.05) is 19.6 Å². The SMILES string of the molecule is CCCCc1ccc(-c2cc3c(cc2F)[C@H](NC(=O)O[C@H]2CN4CCC2CC4)C(C)(C)C3)cc1. The van der Waals surface area contributed by atoms with Crippen molar-refractivity contribution in [3.05, 3.63) is 58.9 Å². The Morgan fingerprint density at radius 1 is 1.18 bits per heavy atom. The fourth-order valence-corrected chi connectivity index (χ4v) is 6.13. The zero-order valence-electron chi connectivity index (χ0n) is 20.7. The molecule has 3 fully saturated rings. The molecule has 6 rings (SSSR count). The molecular weight excluding hydrogens is 427 g/mol. The molecule has 3 heterocycles. The van der Waals surface area contributed by atoms with E-state index in [0.717, 1.165) is 68.4 Å². The van der Waals surface area contributed by atoms with Crippen molar-refractivity contribution >= 4 is 6.09 Å². The molecule has 2 aromatic rings. The second-order valence-electron chi connectivity index (χ2n) is 11.2. The first-order valence-electron chi connectivity index (χ1n) is 12.9. The Kier molecular flexibility index (Phi) is 6.41. The number of aryl methyl sites for hydroxylation is 1. The Hall–Kier alpha value is -2.40. The van der Waals surface area contributed by atoms with Crippen molar-refractivity contribution in [2.24, 2.45) is 11.3 Å². The van der Waals surface area contributed by atoms with Gasteiger partial charge in [0.25, 0.3) is 0 Å². The molecule has 4 aliphatic rings. The van der Waals surface area contributed by atoms with E-state index >= 15 is 4.39 Å². The topological polar surface area (TPSA) is 41.6 Å². The highest BCUT2D eigenvalue weighted by atomic mass is 19.1. The third-order valence-electron chi connectivity index (χ3n) is 8.17. The summed E-state index contributed by atoms with van der Waals surface area (Å²) in [5.41, 5.74) is 4.58. The number of alkyl carbamates (subject to hydrolysis) is 1. The summed E-state index contributed by atoms with van der Waals surface area (Å²) >= 11 is 0. The number of amides is 1. The monoisotopic (exact) mass is 464 g/mol. The van der Waals surface area contributed by atoms with Gasteiger partial charge in [-0.05, 0) is 90.9 Å². The van der Waals surface area contributed by atoms with E-state index in [2.05, 4.69) is 43.1 Å². The highest BCUT2D eigenvalue weighted by Gasteiger charge is 2.42. The van der Waals surface area contributed by atoms with E-state index in [-0.39, 0.29) is 29.5 Å². The maximum atomic E-state index is 15.3. The van der Waals surface area contributed by atoms with Crippen LogP contribution in [0.5, 0.6) is 0 Å². The fourth-order valence-electron chi connectivity index (χ4n) is 6.13. The van der Waals surface area contributed by atoms with Crippen molar-refractivity contribution in [3.63, 3.8) is 0 Å². The number of unbranched alkanes of at least 4 members (excludes halogenated alkanes) is 1. The van der Waals surface area contributed by atoms with E-state index < -0.39 is 0 Å². The summed E-state index contributed by atoms with van der Waals surface area (Å²) in [6.45, 7) is 9.50. The number of fused-ring (bicyclic) bond motifs is 4. The number of halogens is 1. The molecule has 0 spiro atoms. The zero-order chi connectivity index (χ0) is 23.9. The second-order valence-corrected chi connectivity index (χ2v) is 11.2. The van der Waals surface area contributed by atoms with Gasteiger partial charge in [-0.3, -0.25) is 4.90 Å². The molecule has 3 saturated heterocycles. The van der Waals surface area contributed by atoms with Gasteiger partial charge in [0, 0.05) is 12.1 Å². The maximum Gasteiger partial charge on any atom is 0.407 e. The molecule has 0 aromatic heterocycles. The van der Waals surface area contributed by atoms with Gasteiger partial charge in [0.2, 0.25) is 0 Å². The summed E-state index contributed by atoms with van der Waals surface area (Å²) < 4.78 is 21.2. The minimum Gasteiger partial charge on any atom is -0.445 e. The van der Waals surface area contributed by atoms with Crippen LogP contribution >= 0.6 is 0 Å². The highest BCUT2D eigenvalue weighted by molar-refractivity contribution is 5.70. The van der Waals surface area contributed by atoms with Crippen molar-refractivity contribution < 1.29 is 13.9 Å². The molecule has 3 aliphatic heterocycles. The number of hydrogen-bond donors (Lipinski definition) is 1. The van der Waals surface area contributed by atoms with Crippen LogP contribution < -0.4 is 5.32 Å². The Morgan fingerprint density at radius 3 is 2.56 bits per heavy atom. The van der Waals surface area contributed by atoms with Gasteiger partial charge in [0.05, 0.1) is 6.04 Å². The minimum absolute atomic E-state index is 0.0362. The van der Waals surface area contributed by atoms with Crippen LogP contribution in [0.2, 0.25) is 0 Å². The van der Waals surface area contributed by atoms with Gasteiger partial charge in [0.15, 0.2) is 0 Å². The number of carbonyl (C=O) groups excluding carboxylic acids is 1. The quantitative estimate of drug-likeness (QED) is 0.547. The average molecular weight is 465 g/mol. The third-order valence-corrected chi connectivity index (χ3v) is 8.17. The molecule has 2 atom stereocenters. The molecule has 182 valence electrons. The molecule has 0 unspecified atom stereocenters. The first kappa shape index (κ1) is 23.3. The van der Waals surface area contributed by atoms with E-state index in [1.807, 2.05) is 18.2 Å². The van der Waals surface area contributed by atoms with Crippen LogP contribution in [0.1, 0.15) is 69.2 Å². The lowest BCUT2D eigenvalue weighted by molar-refractivity contribution is -0.0349. The largest absolute Gasteiger partial charge is 0.445 e. The first-order valence-corrected chi connectivity index (χ1v) is 12.9. The molecule has 2 aromatic carbocycles. The van der Waals surface area contributed by atoms with Crippen LogP contribution in [0.15, 0.2) is 36.4 Å². The van der Waals surface area contributed by atoms with Crippen LogP contribution in [-0.2, 0) is 17.6 Å². The van der Waals surface area contributed by atoms with Gasteiger partial charge in [0.1, 0.15) is 11.9 Å². The second kappa shape index (κ2) is 9.33. The third kappa shape index (κ3) is 4.59. The Bertz CT molecular complexity index is 1040. The van der Waals surface area contributed by atoms with E-state index in [9.17, 15) is 4.79 Å². The Morgan fingerprint density at radius 2 is 1.91 bits per heavy atom. The lowest BCUT2D eigenvalue weighted by Crippen LogP contribution is -2.53. The maximum absolute atomic E-state index is 15.3. The number of rotatable bonds is 6. The summed E-state index contributed by atoms with van der Waals surface area (Å²) in [5.74, 6) is 0.225. The number of nitrogens with one attached hydrogen (secondary N) is 1. The van der Waals surface area contributed by atoms with Crippen LogP contribution in [0.4, 0.5) is 9.18 Å². The number of benzene rings is 2. The van der Waals surface area contributed by atoms with Crippen molar-refractivity contribution in [2.45, 2.75) is 71.4 Å². The van der Waals surface area contributed by atoms with E-state index in [1.54, 1.807) is 6.07 Å². The Labute approximate surface area is 202 Å². The smallest absolute Gasteiger partial charge is 0.407 e. The number of nitrogens with zero attached hydrogens (tertiary/aromatic N) is 1. The summed E-state index contributed by atoms with van der Waals surface area (Å²) in [7, 11) is 0. The number of piperidine rings is 3. The lowest BCUT2D eigenvalue weighted by atomic mass is 9.85. The summed E-state index contributed by atoms with van der Waals surface area (Å²) in [6, 6.07) is 11.6. The molecule has 4 nitrogen and oxygen atoms in total. The van der Waals surface area contributed by atoms with Gasteiger partial charge in [-0.15, -0.1) is 0 Å². The normalized spacial score (nSPS) is 26.8. The van der Waals surface area contributed by atoms with Gasteiger partial charge in [-0.1, -0.05) is 51.5 Å². The zero-order valence-corrected chi connectivity index (χ0v) is 20.7. The summed E-state index contributed by atoms with van der Waals surface area (Å²) in [4.78, 5) is 15.3. The molecule has 5 heteroatoms. The predicted molar refractivity (Wildman–Crippen MR) is 133 cm³/mol. The molecule has 0 saturated carbocycles. The number of carbonyl (C=O) groups is 1. The van der Waals surface area contributed by atoms with Crippen molar-refractivity contribution in [3.8, 4) is 11.1 Å². The van der Waals surface area contributed by atoms with E-state index in [4.69, 9.17) is 4.74 Å². The summed E-state index contributed by atoms with van der Waals surface area (Å²) in [5, 5.41) is 3.10. The molecule has 34 heavy (non-hydrogen) atoms. The van der Waals surface area contributed by atoms with Crippen molar-refractivity contribution in [1.82, 2.24) is 10.2 Å². The molecule has 1 N–H and O–H groups in total. The van der Waals surface area contributed by atoms with Crippen LogP contribution in [0.25, 0.3) is 11.1 Å². The van der Waals surface area contributed by atoms with E-state index in [1.165, 1.54) is 12.0 Å². The first-order chi connectivity index (χ1) is 16.3. The van der Waals surface area contributed by atoms with Crippen molar-refractivity contribution in [1.29, 1.82) is 0 Å². The molecule has 1 aliphatic carbocycles. The van der Waals surface area contributed by atoms with Crippen LogP contribution in [0, 0.1) is 17.2 Å². The Balaban J connectivity index is 1.32. The summed E-state index contributed by atoms with van der Waals surface area (Å²) in [6.07, 6.45) is 5.96. The molecule has 1 amide bonds. The van der Waals surface area contributed by atoms with Gasteiger partial charge < -0.3 is 10.1 Å². The van der Waals surface area contributed by atoms with Crippen LogP contribution in [-0.4, -0.2) is 36.7 Å². The van der Waals surface area contributed by atoms with Crippen LogP contribution in [0.3, 0.4) is 0 Å². The average Bonchev–Trinajstić information content (AvgIpc) is 3.07. The number of hydrogen-bond acceptors (Lipinski definition) is 3. The fraction of sp³-hybridized carbons (Fsp3) is 0.552.